The summed E-state index contributed by atoms with van der Waals surface area (Å²) in [6.45, 7) is 13.9. The molecule has 0 saturated heterocycles. The molecule has 132 valence electrons. The number of hydrogen-bond donors (Lipinski definition) is 0. The molecule has 4 heteroatoms. The summed E-state index contributed by atoms with van der Waals surface area (Å²) in [4.78, 5) is 0. The van der Waals surface area contributed by atoms with Gasteiger partial charge in [0.2, 0.25) is 6.33 Å². The number of imidazole rings is 1. The molecule has 25 heavy (non-hydrogen) atoms. The van der Waals surface area contributed by atoms with Crippen LogP contribution in [0.15, 0.2) is 55.1 Å². The lowest BCUT2D eigenvalue weighted by Crippen LogP contribution is -2.37. The lowest BCUT2D eigenvalue weighted by molar-refractivity contribution is -0.702. The van der Waals surface area contributed by atoms with Crippen molar-refractivity contribution in [3.05, 3.63) is 60.8 Å². The van der Waals surface area contributed by atoms with Gasteiger partial charge >= 0.3 is 0 Å². The molecule has 3 rings (SSSR count). The molecule has 0 spiro atoms. The van der Waals surface area contributed by atoms with Crippen LogP contribution >= 0.6 is 0 Å². The summed E-state index contributed by atoms with van der Waals surface area (Å²) < 4.78 is 6.50. The second-order valence-corrected chi connectivity index (χ2v) is 8.68. The van der Waals surface area contributed by atoms with E-state index in [0.29, 0.717) is 6.67 Å². The zero-order chi connectivity index (χ0) is 18.2. The number of aromatic nitrogens is 4. The van der Waals surface area contributed by atoms with E-state index in [1.54, 1.807) is 0 Å². The maximum Gasteiger partial charge on any atom is 0.245 e. The van der Waals surface area contributed by atoms with Gasteiger partial charge in [-0.2, -0.15) is 5.10 Å². The number of nitrogens with zero attached hydrogens (tertiary/aromatic N) is 4. The fourth-order valence-corrected chi connectivity index (χ4v) is 2.76. The van der Waals surface area contributed by atoms with Crippen LogP contribution in [-0.4, -0.2) is 14.3 Å². The van der Waals surface area contributed by atoms with E-state index in [9.17, 15) is 0 Å². The number of benzene rings is 1. The predicted octanol–water partition coefficient (Wildman–Crippen LogP) is 4.20. The summed E-state index contributed by atoms with van der Waals surface area (Å²) in [5.41, 5.74) is 3.57. The largest absolute Gasteiger partial charge is 0.245 e. The Bertz CT molecular complexity index is 842. The summed E-state index contributed by atoms with van der Waals surface area (Å²) in [5, 5.41) is 4.91. The van der Waals surface area contributed by atoms with Gasteiger partial charge in [-0.05, 0) is 32.4 Å². The lowest BCUT2D eigenvalue weighted by Gasteiger charge is -2.14. The quantitative estimate of drug-likeness (QED) is 0.658. The van der Waals surface area contributed by atoms with Crippen molar-refractivity contribution in [1.82, 2.24) is 14.3 Å². The molecule has 0 unspecified atom stereocenters. The van der Waals surface area contributed by atoms with Crippen LogP contribution in [0.5, 0.6) is 0 Å². The second kappa shape index (κ2) is 6.17. The summed E-state index contributed by atoms with van der Waals surface area (Å²) in [6, 6.07) is 12.7. The third-order valence-electron chi connectivity index (χ3n) is 4.38. The van der Waals surface area contributed by atoms with E-state index in [1.165, 1.54) is 5.56 Å². The SMILES string of the molecule is CC(C)(C)c1cc(-c2ccccc2)n(C[n+]2ccn(C(C)(C)C)c2)n1. The highest BCUT2D eigenvalue weighted by molar-refractivity contribution is 5.60. The average Bonchev–Trinajstić information content (AvgIpc) is 3.15. The zero-order valence-corrected chi connectivity index (χ0v) is 16.2. The molecular formula is C21H29N4+. The molecule has 1 aromatic carbocycles. The predicted molar refractivity (Wildman–Crippen MR) is 101 cm³/mol. The van der Waals surface area contributed by atoms with Crippen molar-refractivity contribution in [2.24, 2.45) is 0 Å². The monoisotopic (exact) mass is 337 g/mol. The molecule has 0 aliphatic heterocycles. The molecule has 0 atom stereocenters. The molecule has 0 bridgehead atoms. The molecule has 0 radical (unpaired) electrons. The van der Waals surface area contributed by atoms with Gasteiger partial charge in [-0.15, -0.1) is 0 Å². The highest BCUT2D eigenvalue weighted by Crippen LogP contribution is 2.27. The number of hydrogen-bond acceptors (Lipinski definition) is 1. The van der Waals surface area contributed by atoms with Crippen molar-refractivity contribution < 1.29 is 4.57 Å². The second-order valence-electron chi connectivity index (χ2n) is 8.68. The van der Waals surface area contributed by atoms with E-state index < -0.39 is 0 Å². The summed E-state index contributed by atoms with van der Waals surface area (Å²) in [7, 11) is 0. The van der Waals surface area contributed by atoms with Gasteiger partial charge in [0, 0.05) is 5.41 Å². The van der Waals surface area contributed by atoms with Gasteiger partial charge in [0.15, 0.2) is 6.67 Å². The fourth-order valence-electron chi connectivity index (χ4n) is 2.76. The van der Waals surface area contributed by atoms with E-state index in [0.717, 1.165) is 11.4 Å². The third kappa shape index (κ3) is 3.84. The fraction of sp³-hybridized carbons (Fsp3) is 0.429. The van der Waals surface area contributed by atoms with Gasteiger partial charge in [-0.25, -0.2) is 13.8 Å². The topological polar surface area (TPSA) is 26.6 Å². The number of rotatable bonds is 3. The molecule has 2 aromatic heterocycles. The van der Waals surface area contributed by atoms with Crippen molar-refractivity contribution in [3.8, 4) is 11.3 Å². The minimum atomic E-state index is 0.0246. The van der Waals surface area contributed by atoms with E-state index in [-0.39, 0.29) is 11.0 Å². The Morgan fingerprint density at radius 1 is 1.00 bits per heavy atom. The minimum absolute atomic E-state index is 0.0246. The zero-order valence-electron chi connectivity index (χ0n) is 16.2. The summed E-state index contributed by atoms with van der Waals surface area (Å²) in [6.07, 6.45) is 6.38. The van der Waals surface area contributed by atoms with Crippen LogP contribution in [-0.2, 0) is 17.6 Å². The Hall–Kier alpha value is -2.36. The molecule has 0 N–H and O–H groups in total. The molecule has 0 fully saturated rings. The summed E-state index contributed by atoms with van der Waals surface area (Å²) >= 11 is 0. The standard InChI is InChI=1S/C21H29N4/c1-20(2,3)19-14-18(17-10-8-7-9-11-17)25(22-19)16-23-12-13-24(15-23)21(4,5)6/h7-15H,16H2,1-6H3/q+1. The maximum absolute atomic E-state index is 4.91. The average molecular weight is 337 g/mol. The highest BCUT2D eigenvalue weighted by Gasteiger charge is 2.23. The van der Waals surface area contributed by atoms with Gasteiger partial charge in [0.25, 0.3) is 0 Å². The van der Waals surface area contributed by atoms with Crippen molar-refractivity contribution in [3.63, 3.8) is 0 Å². The summed E-state index contributed by atoms with van der Waals surface area (Å²) in [5.74, 6) is 0. The van der Waals surface area contributed by atoms with Crippen LogP contribution < -0.4 is 4.57 Å². The molecule has 0 aliphatic carbocycles. The Kier molecular flexibility index (Phi) is 4.31. The van der Waals surface area contributed by atoms with Gasteiger partial charge in [-0.3, -0.25) is 0 Å². The molecule has 0 amide bonds. The highest BCUT2D eigenvalue weighted by atomic mass is 15.4. The first kappa shape index (κ1) is 17.5. The third-order valence-corrected chi connectivity index (χ3v) is 4.38. The molecular weight excluding hydrogens is 308 g/mol. The first-order valence-corrected chi connectivity index (χ1v) is 8.86. The van der Waals surface area contributed by atoms with Crippen LogP contribution in [0.1, 0.15) is 47.2 Å². The lowest BCUT2D eigenvalue weighted by atomic mass is 9.92. The van der Waals surface area contributed by atoms with Gasteiger partial charge in [-0.1, -0.05) is 51.1 Å². The van der Waals surface area contributed by atoms with Crippen LogP contribution in [0, 0.1) is 0 Å². The molecule has 2 heterocycles. The Labute approximate surface area is 150 Å². The van der Waals surface area contributed by atoms with Gasteiger partial charge < -0.3 is 0 Å². The van der Waals surface area contributed by atoms with Gasteiger partial charge in [0.05, 0.1) is 11.4 Å². The van der Waals surface area contributed by atoms with Crippen molar-refractivity contribution in [1.29, 1.82) is 0 Å². The molecule has 0 aliphatic rings. The van der Waals surface area contributed by atoms with Crippen LogP contribution in [0.25, 0.3) is 11.3 Å². The van der Waals surface area contributed by atoms with Crippen molar-refractivity contribution in [2.45, 2.75) is 59.2 Å². The first-order chi connectivity index (χ1) is 11.6. The minimum Gasteiger partial charge on any atom is -0.232 e. The van der Waals surface area contributed by atoms with Gasteiger partial charge in [0.1, 0.15) is 17.9 Å². The van der Waals surface area contributed by atoms with Crippen LogP contribution in [0.3, 0.4) is 0 Å². The van der Waals surface area contributed by atoms with E-state index in [1.807, 2.05) is 6.07 Å². The van der Waals surface area contributed by atoms with Crippen molar-refractivity contribution in [2.75, 3.05) is 0 Å². The molecule has 0 saturated carbocycles. The Balaban J connectivity index is 2.00. The Morgan fingerprint density at radius 3 is 2.24 bits per heavy atom. The molecule has 4 nitrogen and oxygen atoms in total. The maximum atomic E-state index is 4.91. The van der Waals surface area contributed by atoms with Crippen LogP contribution in [0.4, 0.5) is 0 Å². The smallest absolute Gasteiger partial charge is 0.232 e. The van der Waals surface area contributed by atoms with E-state index >= 15 is 0 Å². The van der Waals surface area contributed by atoms with Crippen molar-refractivity contribution >= 4 is 0 Å². The van der Waals surface area contributed by atoms with E-state index in [2.05, 4.69) is 104 Å². The normalized spacial score (nSPS) is 12.6. The molecule has 3 aromatic rings. The first-order valence-electron chi connectivity index (χ1n) is 8.86. The van der Waals surface area contributed by atoms with Crippen LogP contribution in [0.2, 0.25) is 0 Å². The van der Waals surface area contributed by atoms with E-state index in [4.69, 9.17) is 5.10 Å². The Morgan fingerprint density at radius 2 is 1.68 bits per heavy atom.